The van der Waals surface area contributed by atoms with Crippen LogP contribution in [-0.2, 0) is 0 Å². The molecule has 0 aromatic heterocycles. The van der Waals surface area contributed by atoms with Gasteiger partial charge in [0.05, 0.1) is 0 Å². The maximum absolute atomic E-state index is 2.66. The van der Waals surface area contributed by atoms with Crippen LogP contribution < -0.4 is 0 Å². The van der Waals surface area contributed by atoms with E-state index >= 15 is 0 Å². The van der Waals surface area contributed by atoms with Gasteiger partial charge >= 0.3 is 0 Å². The summed E-state index contributed by atoms with van der Waals surface area (Å²) < 4.78 is 0. The Hall–Kier alpha value is 0.350. The van der Waals surface area contributed by atoms with Gasteiger partial charge in [0, 0.05) is 31.7 Å². The first-order valence-electron chi connectivity index (χ1n) is 5.72. The Bertz CT molecular complexity index is 163. The van der Waals surface area contributed by atoms with Crippen LogP contribution in [0.4, 0.5) is 0 Å². The van der Waals surface area contributed by atoms with Crippen LogP contribution in [0.1, 0.15) is 20.8 Å². The van der Waals surface area contributed by atoms with Gasteiger partial charge in [-0.3, -0.25) is 4.90 Å². The van der Waals surface area contributed by atoms with E-state index in [0.717, 1.165) is 8.58 Å². The summed E-state index contributed by atoms with van der Waals surface area (Å²) in [5.74, 6) is 0. The SMILES string of the molecule is CCN1CCN(C(C)(C)CPC)CC1. The third kappa shape index (κ3) is 3.18. The molecule has 0 bridgehead atoms. The van der Waals surface area contributed by atoms with Crippen molar-refractivity contribution in [2.75, 3.05) is 45.6 Å². The van der Waals surface area contributed by atoms with Crippen LogP contribution in [-0.4, -0.2) is 60.9 Å². The third-order valence-electron chi connectivity index (χ3n) is 3.28. The van der Waals surface area contributed by atoms with E-state index in [4.69, 9.17) is 0 Å². The fraction of sp³-hybridized carbons (Fsp3) is 1.00. The van der Waals surface area contributed by atoms with Gasteiger partial charge in [-0.1, -0.05) is 6.92 Å². The van der Waals surface area contributed by atoms with Gasteiger partial charge in [-0.2, -0.15) is 0 Å². The Morgan fingerprint density at radius 2 is 1.71 bits per heavy atom. The zero-order chi connectivity index (χ0) is 10.6. The minimum Gasteiger partial charge on any atom is -0.301 e. The highest BCUT2D eigenvalue weighted by Crippen LogP contribution is 2.23. The van der Waals surface area contributed by atoms with Gasteiger partial charge in [0.2, 0.25) is 0 Å². The van der Waals surface area contributed by atoms with Crippen LogP contribution in [0.3, 0.4) is 0 Å². The molecule has 0 radical (unpaired) electrons. The number of hydrogen-bond donors (Lipinski definition) is 0. The molecule has 1 heterocycles. The zero-order valence-corrected chi connectivity index (χ0v) is 11.1. The number of nitrogens with zero attached hydrogens (tertiary/aromatic N) is 2. The summed E-state index contributed by atoms with van der Waals surface area (Å²) in [5, 5.41) is 0. The van der Waals surface area contributed by atoms with Gasteiger partial charge < -0.3 is 4.90 Å². The summed E-state index contributed by atoms with van der Waals surface area (Å²) in [6.07, 6.45) is 1.35. The molecule has 0 N–H and O–H groups in total. The van der Waals surface area contributed by atoms with Crippen molar-refractivity contribution in [2.45, 2.75) is 26.3 Å². The molecule has 1 aliphatic rings. The van der Waals surface area contributed by atoms with E-state index in [2.05, 4.69) is 37.2 Å². The smallest absolute Gasteiger partial charge is 0.0190 e. The lowest BCUT2D eigenvalue weighted by molar-refractivity contribution is 0.0670. The average molecular weight is 216 g/mol. The van der Waals surface area contributed by atoms with Crippen molar-refractivity contribution in [1.82, 2.24) is 9.80 Å². The van der Waals surface area contributed by atoms with Crippen LogP contribution >= 0.6 is 8.58 Å². The van der Waals surface area contributed by atoms with Crippen LogP contribution in [0.25, 0.3) is 0 Å². The van der Waals surface area contributed by atoms with E-state index in [1.165, 1.54) is 38.9 Å². The summed E-state index contributed by atoms with van der Waals surface area (Å²) in [7, 11) is 1.07. The minimum absolute atomic E-state index is 0.424. The van der Waals surface area contributed by atoms with Gasteiger partial charge in [-0.15, -0.1) is 8.58 Å². The Labute approximate surface area is 90.8 Å². The molecule has 0 amide bonds. The summed E-state index contributed by atoms with van der Waals surface area (Å²) in [5.41, 5.74) is 0.424. The van der Waals surface area contributed by atoms with Gasteiger partial charge in [-0.25, -0.2) is 0 Å². The molecule has 14 heavy (non-hydrogen) atoms. The van der Waals surface area contributed by atoms with Gasteiger partial charge in [0.15, 0.2) is 0 Å². The molecule has 84 valence electrons. The molecule has 1 fully saturated rings. The highest BCUT2D eigenvalue weighted by Gasteiger charge is 2.28. The maximum atomic E-state index is 2.66. The van der Waals surface area contributed by atoms with E-state index in [9.17, 15) is 0 Å². The van der Waals surface area contributed by atoms with Crippen molar-refractivity contribution in [3.8, 4) is 0 Å². The molecular formula is C11H25N2P. The van der Waals surface area contributed by atoms with E-state index in [1.54, 1.807) is 0 Å². The molecule has 1 unspecified atom stereocenters. The van der Waals surface area contributed by atoms with E-state index in [1.807, 2.05) is 0 Å². The predicted octanol–water partition coefficient (Wildman–Crippen LogP) is 1.71. The minimum atomic E-state index is 0.424. The molecule has 1 rings (SSSR count). The lowest BCUT2D eigenvalue weighted by Gasteiger charge is -2.44. The molecule has 0 aromatic carbocycles. The van der Waals surface area contributed by atoms with Crippen molar-refractivity contribution >= 4 is 8.58 Å². The van der Waals surface area contributed by atoms with E-state index in [-0.39, 0.29) is 0 Å². The van der Waals surface area contributed by atoms with Crippen molar-refractivity contribution in [2.24, 2.45) is 0 Å². The zero-order valence-electron chi connectivity index (χ0n) is 10.1. The Balaban J connectivity index is 2.40. The van der Waals surface area contributed by atoms with Crippen LogP contribution in [0.5, 0.6) is 0 Å². The molecule has 1 saturated heterocycles. The highest BCUT2D eigenvalue weighted by molar-refractivity contribution is 7.37. The summed E-state index contributed by atoms with van der Waals surface area (Å²) >= 11 is 0. The van der Waals surface area contributed by atoms with Crippen molar-refractivity contribution < 1.29 is 0 Å². The second-order valence-electron chi connectivity index (χ2n) is 4.76. The Kier molecular flexibility index (Phi) is 4.82. The molecule has 1 aliphatic heterocycles. The number of piperazine rings is 1. The first-order chi connectivity index (χ1) is 6.60. The standard InChI is InChI=1S/C11H25N2P/c1-5-12-6-8-13(9-7-12)11(2,3)10-14-4/h14H,5-10H2,1-4H3. The number of rotatable bonds is 4. The molecule has 3 heteroatoms. The normalized spacial score (nSPS) is 22.3. The number of hydrogen-bond acceptors (Lipinski definition) is 2. The van der Waals surface area contributed by atoms with E-state index in [0.29, 0.717) is 5.54 Å². The van der Waals surface area contributed by atoms with Crippen molar-refractivity contribution in [3.63, 3.8) is 0 Å². The molecule has 0 aliphatic carbocycles. The summed E-state index contributed by atoms with van der Waals surface area (Å²) in [6.45, 7) is 15.6. The molecule has 0 saturated carbocycles. The van der Waals surface area contributed by atoms with Crippen LogP contribution in [0.2, 0.25) is 0 Å². The second-order valence-corrected chi connectivity index (χ2v) is 5.82. The molecule has 0 aromatic rings. The summed E-state index contributed by atoms with van der Waals surface area (Å²) in [6, 6.07) is 0. The molecule has 1 atom stereocenters. The molecule has 2 nitrogen and oxygen atoms in total. The first-order valence-corrected chi connectivity index (χ1v) is 7.43. The van der Waals surface area contributed by atoms with Gasteiger partial charge in [0.1, 0.15) is 0 Å². The number of likely N-dealkylation sites (N-methyl/N-ethyl adjacent to an activating group) is 1. The third-order valence-corrected chi connectivity index (χ3v) is 4.50. The van der Waals surface area contributed by atoms with Crippen LogP contribution in [0, 0.1) is 0 Å². The van der Waals surface area contributed by atoms with E-state index < -0.39 is 0 Å². The van der Waals surface area contributed by atoms with Crippen LogP contribution in [0.15, 0.2) is 0 Å². The van der Waals surface area contributed by atoms with Crippen molar-refractivity contribution in [1.29, 1.82) is 0 Å². The quantitative estimate of drug-likeness (QED) is 0.660. The monoisotopic (exact) mass is 216 g/mol. The van der Waals surface area contributed by atoms with Crippen molar-refractivity contribution in [3.05, 3.63) is 0 Å². The fourth-order valence-electron chi connectivity index (χ4n) is 2.21. The summed E-state index contributed by atoms with van der Waals surface area (Å²) in [4.78, 5) is 5.20. The van der Waals surface area contributed by atoms with Gasteiger partial charge in [-0.05, 0) is 33.2 Å². The first kappa shape index (κ1) is 12.4. The lowest BCUT2D eigenvalue weighted by Crippen LogP contribution is -2.55. The molecule has 0 spiro atoms. The predicted molar refractivity (Wildman–Crippen MR) is 66.9 cm³/mol. The second kappa shape index (κ2) is 5.44. The maximum Gasteiger partial charge on any atom is 0.0190 e. The average Bonchev–Trinajstić information content (AvgIpc) is 2.18. The molecular weight excluding hydrogens is 191 g/mol. The topological polar surface area (TPSA) is 6.48 Å². The van der Waals surface area contributed by atoms with Gasteiger partial charge in [0.25, 0.3) is 0 Å². The largest absolute Gasteiger partial charge is 0.301 e. The lowest BCUT2D eigenvalue weighted by atomic mass is 10.0. The fourth-order valence-corrected chi connectivity index (χ4v) is 3.30. The Morgan fingerprint density at radius 3 is 2.14 bits per heavy atom. The Morgan fingerprint density at radius 1 is 1.14 bits per heavy atom. The highest BCUT2D eigenvalue weighted by atomic mass is 31.1.